The first-order valence-electron chi connectivity index (χ1n) is 10.1. The van der Waals surface area contributed by atoms with Gasteiger partial charge in [0.05, 0.1) is 6.61 Å². The number of aryl methyl sites for hydroxylation is 1. The highest BCUT2D eigenvalue weighted by molar-refractivity contribution is 5.21. The lowest BCUT2D eigenvalue weighted by Crippen LogP contribution is -2.36. The Morgan fingerprint density at radius 1 is 1.11 bits per heavy atom. The Labute approximate surface area is 160 Å². The maximum Gasteiger partial charge on any atom is 0.330 e. The number of nitrogens with zero attached hydrogens (tertiary/aromatic N) is 1. The molecule has 0 aliphatic heterocycles. The molecule has 0 bridgehead atoms. The van der Waals surface area contributed by atoms with E-state index in [0.29, 0.717) is 18.9 Å². The zero-order valence-electron chi connectivity index (χ0n) is 16.4. The number of ether oxygens (including phenoxy) is 1. The summed E-state index contributed by atoms with van der Waals surface area (Å²) in [5.74, 6) is 0.550. The molecule has 1 aliphatic carbocycles. The van der Waals surface area contributed by atoms with Crippen molar-refractivity contribution in [2.45, 2.75) is 72.1 Å². The second-order valence-electron chi connectivity index (χ2n) is 7.64. The van der Waals surface area contributed by atoms with Crippen LogP contribution in [0.5, 0.6) is 0 Å². The Bertz CT molecular complexity index is 859. The molecule has 3 rings (SSSR count). The molecule has 0 saturated heterocycles. The SMILES string of the molecule is CCc1c(CC2CCCCC2)n(COCc2ccc(C)cc2)c(=O)[nH]c1=O. The first-order valence-corrected chi connectivity index (χ1v) is 10.1. The zero-order chi connectivity index (χ0) is 19.2. The van der Waals surface area contributed by atoms with E-state index in [0.717, 1.165) is 23.2 Å². The molecule has 5 heteroatoms. The Balaban J connectivity index is 1.80. The molecule has 1 heterocycles. The van der Waals surface area contributed by atoms with Crippen molar-refractivity contribution in [1.29, 1.82) is 0 Å². The average Bonchev–Trinajstić information content (AvgIpc) is 2.66. The van der Waals surface area contributed by atoms with Crippen LogP contribution in [0.3, 0.4) is 0 Å². The minimum atomic E-state index is -0.369. The monoisotopic (exact) mass is 370 g/mol. The second-order valence-corrected chi connectivity index (χ2v) is 7.64. The van der Waals surface area contributed by atoms with Crippen LogP contribution in [0.1, 0.15) is 61.4 Å². The molecule has 1 aliphatic rings. The van der Waals surface area contributed by atoms with Crippen LogP contribution in [0.4, 0.5) is 0 Å². The van der Waals surface area contributed by atoms with Crippen molar-refractivity contribution < 1.29 is 4.74 Å². The molecule has 0 amide bonds. The summed E-state index contributed by atoms with van der Waals surface area (Å²) >= 11 is 0. The fourth-order valence-electron chi connectivity index (χ4n) is 3.99. The third kappa shape index (κ3) is 4.98. The zero-order valence-corrected chi connectivity index (χ0v) is 16.4. The van der Waals surface area contributed by atoms with E-state index in [-0.39, 0.29) is 18.0 Å². The van der Waals surface area contributed by atoms with E-state index in [9.17, 15) is 9.59 Å². The van der Waals surface area contributed by atoms with Gasteiger partial charge in [0.1, 0.15) is 6.73 Å². The normalized spacial score (nSPS) is 15.2. The molecule has 1 fully saturated rings. The number of hydrogen-bond donors (Lipinski definition) is 1. The van der Waals surface area contributed by atoms with Gasteiger partial charge in [0.15, 0.2) is 0 Å². The largest absolute Gasteiger partial charge is 0.356 e. The number of H-pyrrole nitrogens is 1. The number of benzene rings is 1. The van der Waals surface area contributed by atoms with E-state index in [1.165, 1.54) is 37.7 Å². The van der Waals surface area contributed by atoms with Gasteiger partial charge in [-0.3, -0.25) is 14.3 Å². The molecule has 0 radical (unpaired) electrons. The highest BCUT2D eigenvalue weighted by atomic mass is 16.5. The van der Waals surface area contributed by atoms with E-state index in [1.54, 1.807) is 4.57 Å². The highest BCUT2D eigenvalue weighted by Gasteiger charge is 2.20. The third-order valence-electron chi connectivity index (χ3n) is 5.58. The molecule has 146 valence electrons. The predicted octanol–water partition coefficient (Wildman–Crippen LogP) is 3.70. The quantitative estimate of drug-likeness (QED) is 0.808. The summed E-state index contributed by atoms with van der Waals surface area (Å²) in [7, 11) is 0. The maximum absolute atomic E-state index is 12.5. The van der Waals surface area contributed by atoms with E-state index in [4.69, 9.17) is 4.74 Å². The van der Waals surface area contributed by atoms with Crippen molar-refractivity contribution in [2.24, 2.45) is 5.92 Å². The van der Waals surface area contributed by atoms with Gasteiger partial charge in [-0.15, -0.1) is 0 Å². The molecule has 1 aromatic heterocycles. The molecule has 1 aromatic carbocycles. The third-order valence-corrected chi connectivity index (χ3v) is 5.58. The molecular weight excluding hydrogens is 340 g/mol. The molecule has 2 aromatic rings. The number of aromatic nitrogens is 2. The fraction of sp³-hybridized carbons (Fsp3) is 0.545. The van der Waals surface area contributed by atoms with Crippen LogP contribution in [0.15, 0.2) is 33.9 Å². The standard InChI is InChI=1S/C22H30N2O3/c1-3-19-20(13-17-7-5-4-6-8-17)24(22(26)23-21(19)25)15-27-14-18-11-9-16(2)10-12-18/h9-12,17H,3-8,13-15H2,1-2H3,(H,23,25,26). The van der Waals surface area contributed by atoms with Gasteiger partial charge in [0.25, 0.3) is 5.56 Å². The van der Waals surface area contributed by atoms with Crippen molar-refractivity contribution in [3.63, 3.8) is 0 Å². The molecule has 27 heavy (non-hydrogen) atoms. The molecule has 5 nitrogen and oxygen atoms in total. The van der Waals surface area contributed by atoms with Gasteiger partial charge in [0.2, 0.25) is 0 Å². The van der Waals surface area contributed by atoms with Gasteiger partial charge in [-0.25, -0.2) is 4.79 Å². The molecule has 0 unspecified atom stereocenters. The Hall–Kier alpha value is -2.14. The minimum absolute atomic E-state index is 0.165. The van der Waals surface area contributed by atoms with Crippen LogP contribution < -0.4 is 11.2 Å². The van der Waals surface area contributed by atoms with Crippen LogP contribution in [0.2, 0.25) is 0 Å². The van der Waals surface area contributed by atoms with E-state index in [1.807, 2.05) is 26.0 Å². The lowest BCUT2D eigenvalue weighted by atomic mass is 9.85. The number of hydrogen-bond acceptors (Lipinski definition) is 3. The van der Waals surface area contributed by atoms with Gasteiger partial charge < -0.3 is 4.74 Å². The smallest absolute Gasteiger partial charge is 0.330 e. The lowest BCUT2D eigenvalue weighted by Gasteiger charge is -2.24. The Morgan fingerprint density at radius 3 is 2.48 bits per heavy atom. The van der Waals surface area contributed by atoms with Gasteiger partial charge in [-0.2, -0.15) is 0 Å². The van der Waals surface area contributed by atoms with Crippen molar-refractivity contribution in [2.75, 3.05) is 0 Å². The Morgan fingerprint density at radius 2 is 1.81 bits per heavy atom. The minimum Gasteiger partial charge on any atom is -0.356 e. The molecular formula is C22H30N2O3. The van der Waals surface area contributed by atoms with Gasteiger partial charge in [0, 0.05) is 11.3 Å². The molecule has 1 saturated carbocycles. The summed E-state index contributed by atoms with van der Waals surface area (Å²) in [6.45, 7) is 4.62. The van der Waals surface area contributed by atoms with Crippen LogP contribution in [-0.4, -0.2) is 9.55 Å². The van der Waals surface area contributed by atoms with Crippen molar-refractivity contribution in [3.05, 3.63) is 67.5 Å². The summed E-state index contributed by atoms with van der Waals surface area (Å²) in [5.41, 5.74) is 3.25. The number of aromatic amines is 1. The first kappa shape index (κ1) is 19.6. The fourth-order valence-corrected chi connectivity index (χ4v) is 3.99. The van der Waals surface area contributed by atoms with E-state index in [2.05, 4.69) is 17.1 Å². The summed E-state index contributed by atoms with van der Waals surface area (Å²) in [4.78, 5) is 27.3. The second kappa shape index (κ2) is 9.18. The molecule has 1 N–H and O–H groups in total. The average molecular weight is 370 g/mol. The topological polar surface area (TPSA) is 64.1 Å². The first-order chi connectivity index (χ1) is 13.1. The van der Waals surface area contributed by atoms with Gasteiger partial charge in [-0.05, 0) is 31.2 Å². The molecule has 0 atom stereocenters. The summed E-state index contributed by atoms with van der Waals surface area (Å²) in [6.07, 6.45) is 7.53. The van der Waals surface area contributed by atoms with Crippen molar-refractivity contribution >= 4 is 0 Å². The summed E-state index contributed by atoms with van der Waals surface area (Å²) < 4.78 is 7.46. The lowest BCUT2D eigenvalue weighted by molar-refractivity contribution is 0.0581. The highest BCUT2D eigenvalue weighted by Crippen LogP contribution is 2.27. The summed E-state index contributed by atoms with van der Waals surface area (Å²) in [5, 5.41) is 0. The maximum atomic E-state index is 12.5. The van der Waals surface area contributed by atoms with Crippen LogP contribution in [-0.2, 0) is 30.9 Å². The molecule has 0 spiro atoms. The number of nitrogens with one attached hydrogen (secondary N) is 1. The van der Waals surface area contributed by atoms with Gasteiger partial charge in [-0.1, -0.05) is 68.9 Å². The predicted molar refractivity (Wildman–Crippen MR) is 107 cm³/mol. The van der Waals surface area contributed by atoms with Crippen molar-refractivity contribution in [3.8, 4) is 0 Å². The number of rotatable bonds is 7. The van der Waals surface area contributed by atoms with Crippen LogP contribution in [0, 0.1) is 12.8 Å². The Kier molecular flexibility index (Phi) is 6.67. The van der Waals surface area contributed by atoms with Crippen molar-refractivity contribution in [1.82, 2.24) is 9.55 Å². The van der Waals surface area contributed by atoms with Gasteiger partial charge >= 0.3 is 5.69 Å². The van der Waals surface area contributed by atoms with E-state index >= 15 is 0 Å². The summed E-state index contributed by atoms with van der Waals surface area (Å²) in [6, 6.07) is 8.17. The van der Waals surface area contributed by atoms with Crippen LogP contribution >= 0.6 is 0 Å². The van der Waals surface area contributed by atoms with Crippen LogP contribution in [0.25, 0.3) is 0 Å². The van der Waals surface area contributed by atoms with E-state index < -0.39 is 0 Å².